The molecule has 2 atom stereocenters. The standard InChI is InChI=1S/C26H34N8O2.C2H6.H3N.2H2/c1-15-12-33(13-16(2)36-15)20-7-5-6-18(10-20)24(28)21-11-19(8-9-23(21)27)31-25(35)22-14-34(30)26(29)32(4)17(22)3;1-2;;;/h5-11,15-16,28-29H,12-14,27,30H2,1-4H3,(H,31,35);1-2H3;1H3;2*1H/t15-,16+;;;;. The molecule has 0 saturated carbocycles. The molecule has 10 N–H and O–H groups in total. The van der Waals surface area contributed by atoms with Crippen molar-refractivity contribution in [3.63, 3.8) is 0 Å². The molecule has 0 unspecified atom stereocenters. The molecule has 2 aromatic rings. The second-order valence-corrected chi connectivity index (χ2v) is 9.42. The molecule has 1 saturated heterocycles. The topological polar surface area (TPSA) is 183 Å². The summed E-state index contributed by atoms with van der Waals surface area (Å²) < 4.78 is 5.85. The number of hydrogen-bond acceptors (Lipinski definition) is 8. The van der Waals surface area contributed by atoms with E-state index in [0.717, 1.165) is 24.3 Å². The highest BCUT2D eigenvalue weighted by atomic mass is 16.5. The van der Waals surface area contributed by atoms with Crippen LogP contribution in [-0.4, -0.2) is 66.4 Å². The van der Waals surface area contributed by atoms with Crippen LogP contribution in [-0.2, 0) is 9.53 Å². The van der Waals surface area contributed by atoms with E-state index in [0.29, 0.717) is 28.2 Å². The predicted octanol–water partition coefficient (Wildman–Crippen LogP) is 4.25. The van der Waals surface area contributed by atoms with Crippen molar-refractivity contribution in [1.29, 1.82) is 10.8 Å². The van der Waals surface area contributed by atoms with Crippen molar-refractivity contribution in [2.75, 3.05) is 42.6 Å². The number of morpholine rings is 1. The number of anilines is 3. The van der Waals surface area contributed by atoms with E-state index in [9.17, 15) is 4.79 Å². The molecule has 0 aromatic heterocycles. The number of benzene rings is 2. The maximum Gasteiger partial charge on any atom is 0.255 e. The maximum atomic E-state index is 13.0. The van der Waals surface area contributed by atoms with Gasteiger partial charge in [-0.25, -0.2) is 5.84 Å². The molecular formula is C28H47N9O2. The third-order valence-corrected chi connectivity index (χ3v) is 6.63. The summed E-state index contributed by atoms with van der Waals surface area (Å²) in [7, 11) is 1.69. The molecule has 2 aliphatic rings. The maximum absolute atomic E-state index is 13.0. The predicted molar refractivity (Wildman–Crippen MR) is 164 cm³/mol. The van der Waals surface area contributed by atoms with Gasteiger partial charge in [0.1, 0.15) is 0 Å². The number of carbonyl (C=O) groups excluding carboxylic acids is 1. The van der Waals surface area contributed by atoms with E-state index >= 15 is 0 Å². The summed E-state index contributed by atoms with van der Waals surface area (Å²) in [6.45, 7) is 11.6. The molecule has 0 radical (unpaired) electrons. The molecule has 216 valence electrons. The van der Waals surface area contributed by atoms with E-state index in [1.807, 2.05) is 38.1 Å². The molecule has 0 spiro atoms. The van der Waals surface area contributed by atoms with Gasteiger partial charge in [-0.15, -0.1) is 0 Å². The van der Waals surface area contributed by atoms with Gasteiger partial charge in [0.05, 0.1) is 30.0 Å². The number of amides is 1. The van der Waals surface area contributed by atoms with E-state index in [-0.39, 0.29) is 45.3 Å². The summed E-state index contributed by atoms with van der Waals surface area (Å²) in [6.07, 6.45) is 0.264. The Morgan fingerprint density at radius 2 is 1.77 bits per heavy atom. The highest BCUT2D eigenvalue weighted by Gasteiger charge is 2.27. The molecule has 4 rings (SSSR count). The number of hydrogen-bond donors (Lipinski definition) is 6. The van der Waals surface area contributed by atoms with E-state index < -0.39 is 0 Å². The first-order chi connectivity index (χ1) is 18.0. The number of guanidine groups is 1. The number of carbonyl (C=O) groups is 1. The Morgan fingerprint density at radius 1 is 1.13 bits per heavy atom. The summed E-state index contributed by atoms with van der Waals surface area (Å²) in [4.78, 5) is 16.9. The van der Waals surface area contributed by atoms with Crippen LogP contribution in [0.1, 0.15) is 48.6 Å². The van der Waals surface area contributed by atoms with Crippen LogP contribution < -0.4 is 27.9 Å². The van der Waals surface area contributed by atoms with E-state index in [4.69, 9.17) is 27.1 Å². The van der Waals surface area contributed by atoms with Gasteiger partial charge in [-0.2, -0.15) is 0 Å². The largest absolute Gasteiger partial charge is 0.398 e. The van der Waals surface area contributed by atoms with Crippen LogP contribution in [0.2, 0.25) is 0 Å². The fourth-order valence-corrected chi connectivity index (χ4v) is 4.61. The summed E-state index contributed by atoms with van der Waals surface area (Å²) in [5, 5.41) is 21.0. The zero-order chi connectivity index (χ0) is 28.1. The molecule has 2 aliphatic heterocycles. The number of ether oxygens (including phenoxy) is 1. The molecular weight excluding hydrogens is 494 g/mol. The van der Waals surface area contributed by atoms with Crippen LogP contribution in [0.3, 0.4) is 0 Å². The minimum absolute atomic E-state index is 0. The van der Waals surface area contributed by atoms with Gasteiger partial charge < -0.3 is 31.7 Å². The van der Waals surface area contributed by atoms with Gasteiger partial charge in [-0.3, -0.25) is 20.6 Å². The quantitative estimate of drug-likeness (QED) is 0.184. The lowest BCUT2D eigenvalue weighted by molar-refractivity contribution is -0.113. The van der Waals surface area contributed by atoms with Crippen LogP contribution >= 0.6 is 0 Å². The fourth-order valence-electron chi connectivity index (χ4n) is 4.61. The SMILES string of the molecule is CC.CC1=C(C(=O)Nc2ccc(N)c(C(=N)c3cccc(N4C[C@@H](C)O[C@@H](C)C4)c3)c2)CN(N)C(=N)N1C.N.[HH].[HH]. The third-order valence-electron chi connectivity index (χ3n) is 6.63. The average Bonchev–Trinajstić information content (AvgIpc) is 2.90. The summed E-state index contributed by atoms with van der Waals surface area (Å²) >= 11 is 0. The lowest BCUT2D eigenvalue weighted by atomic mass is 9.99. The molecule has 11 nitrogen and oxygen atoms in total. The number of nitrogens with zero attached hydrogens (tertiary/aromatic N) is 3. The molecule has 0 bridgehead atoms. The van der Waals surface area contributed by atoms with Crippen LogP contribution in [0.5, 0.6) is 0 Å². The minimum atomic E-state index is -0.317. The van der Waals surface area contributed by atoms with Gasteiger partial charge >= 0.3 is 0 Å². The molecule has 0 aliphatic carbocycles. The van der Waals surface area contributed by atoms with Crippen molar-refractivity contribution in [1.82, 2.24) is 16.1 Å². The summed E-state index contributed by atoms with van der Waals surface area (Å²) in [6, 6.07) is 13.0. The first-order valence-electron chi connectivity index (χ1n) is 12.9. The van der Waals surface area contributed by atoms with E-state index in [1.54, 1.807) is 37.1 Å². The zero-order valence-corrected chi connectivity index (χ0v) is 23.8. The van der Waals surface area contributed by atoms with Crippen molar-refractivity contribution in [3.8, 4) is 0 Å². The van der Waals surface area contributed by atoms with Crippen LogP contribution in [0, 0.1) is 10.8 Å². The monoisotopic (exact) mass is 541 g/mol. The second-order valence-electron chi connectivity index (χ2n) is 9.42. The first kappa shape index (κ1) is 31.3. The Morgan fingerprint density at radius 3 is 2.41 bits per heavy atom. The molecule has 2 heterocycles. The Kier molecular flexibility index (Phi) is 10.6. The van der Waals surface area contributed by atoms with Crippen LogP contribution in [0.25, 0.3) is 0 Å². The van der Waals surface area contributed by atoms with Gasteiger partial charge in [0, 0.05) is 56.9 Å². The third kappa shape index (κ3) is 6.94. The van der Waals surface area contributed by atoms with E-state index in [1.165, 1.54) is 5.01 Å². The molecule has 11 heteroatoms. The van der Waals surface area contributed by atoms with Crippen molar-refractivity contribution in [2.24, 2.45) is 5.84 Å². The number of rotatable bonds is 5. The second kappa shape index (κ2) is 13.2. The van der Waals surface area contributed by atoms with Gasteiger partial charge in [-0.1, -0.05) is 26.0 Å². The van der Waals surface area contributed by atoms with Gasteiger partial charge in [0.2, 0.25) is 5.96 Å². The molecule has 1 amide bonds. The summed E-state index contributed by atoms with van der Waals surface area (Å²) in [5.41, 5.74) is 10.9. The normalized spacial score (nSPS) is 19.2. The molecule has 39 heavy (non-hydrogen) atoms. The van der Waals surface area contributed by atoms with Gasteiger partial charge in [0.25, 0.3) is 5.91 Å². The number of nitrogens with one attached hydrogen (secondary N) is 3. The fraction of sp³-hybridized carbons (Fsp3) is 0.393. The number of nitrogens with two attached hydrogens (primary N) is 2. The van der Waals surface area contributed by atoms with Gasteiger partial charge in [0.15, 0.2) is 0 Å². The Bertz CT molecular complexity index is 1240. The highest BCUT2D eigenvalue weighted by Crippen LogP contribution is 2.26. The van der Waals surface area contributed by atoms with Crippen LogP contribution in [0.15, 0.2) is 53.7 Å². The molecule has 2 aromatic carbocycles. The Hall–Kier alpha value is -3.93. The Balaban J connectivity index is 0.00000313. The molecule has 1 fully saturated rings. The van der Waals surface area contributed by atoms with Crippen molar-refractivity contribution >= 4 is 34.6 Å². The average molecular weight is 542 g/mol. The summed E-state index contributed by atoms with van der Waals surface area (Å²) in [5.74, 6) is 5.68. The highest BCUT2D eigenvalue weighted by molar-refractivity contribution is 6.15. The van der Waals surface area contributed by atoms with Crippen LogP contribution in [0.4, 0.5) is 17.1 Å². The van der Waals surface area contributed by atoms with Crippen molar-refractivity contribution in [3.05, 3.63) is 64.9 Å². The van der Waals surface area contributed by atoms with Crippen molar-refractivity contribution in [2.45, 2.75) is 46.8 Å². The zero-order valence-electron chi connectivity index (χ0n) is 23.8. The van der Waals surface area contributed by atoms with Gasteiger partial charge in [-0.05, 0) is 51.1 Å². The lowest BCUT2D eigenvalue weighted by Crippen LogP contribution is -2.51. The smallest absolute Gasteiger partial charge is 0.255 e. The van der Waals surface area contributed by atoms with E-state index in [2.05, 4.69) is 24.1 Å². The number of allylic oxidation sites excluding steroid dienone is 1. The number of nitrogen functional groups attached to an aromatic ring is 1. The Labute approximate surface area is 234 Å². The lowest BCUT2D eigenvalue weighted by Gasteiger charge is -2.37. The number of hydrazine groups is 1. The van der Waals surface area contributed by atoms with Crippen molar-refractivity contribution < 1.29 is 12.4 Å². The first-order valence-corrected chi connectivity index (χ1v) is 12.9. The minimum Gasteiger partial charge on any atom is -0.398 e.